The predicted octanol–water partition coefficient (Wildman–Crippen LogP) is 4.04. The summed E-state index contributed by atoms with van der Waals surface area (Å²) in [6, 6.07) is 0. The normalized spacial score (nSPS) is 28.2. The van der Waals surface area contributed by atoms with Crippen LogP contribution in [0.25, 0.3) is 0 Å². The average molecular weight is 261 g/mol. The highest BCUT2D eigenvalue weighted by atomic mass is 35.5. The lowest BCUT2D eigenvalue weighted by molar-refractivity contribution is 0.789. The number of hydrogen-bond donors (Lipinski definition) is 0. The van der Waals surface area contributed by atoms with Crippen molar-refractivity contribution in [2.75, 3.05) is 0 Å². The third-order valence-corrected chi connectivity index (χ3v) is 4.84. The van der Waals surface area contributed by atoms with Crippen molar-refractivity contribution < 1.29 is 0 Å². The minimum absolute atomic E-state index is 0.0856. The van der Waals surface area contributed by atoms with Gasteiger partial charge in [-0.3, -0.25) is 0 Å². The molecule has 1 rings (SSSR count). The van der Waals surface area contributed by atoms with E-state index in [4.69, 9.17) is 69.6 Å². The van der Waals surface area contributed by atoms with Crippen LogP contribution < -0.4 is 0 Å². The second kappa shape index (κ2) is 2.48. The van der Waals surface area contributed by atoms with Gasteiger partial charge in [-0.05, 0) is 0 Å². The predicted molar refractivity (Wildman–Crippen MR) is 47.6 cm³/mol. The highest BCUT2D eigenvalue weighted by molar-refractivity contribution is 6.74. The van der Waals surface area contributed by atoms with E-state index in [1.807, 2.05) is 0 Å². The first-order chi connectivity index (χ1) is 4.32. The van der Waals surface area contributed by atoms with Gasteiger partial charge in [0, 0.05) is 0 Å². The van der Waals surface area contributed by atoms with Crippen LogP contribution in [0.1, 0.15) is 0 Å². The van der Waals surface area contributed by atoms with E-state index >= 15 is 0 Å². The first kappa shape index (κ1) is 9.57. The van der Waals surface area contributed by atoms with Crippen molar-refractivity contribution in [3.63, 3.8) is 0 Å². The lowest BCUT2D eigenvalue weighted by atomic mass is 10.1. The minimum atomic E-state index is -1.46. The Labute approximate surface area is 88.0 Å². The third-order valence-electron chi connectivity index (χ3n) is 1.14. The standard InChI is InChI=1S/C4Cl6/c5-1-2(6)4(9,10)3(1,7)8. The van der Waals surface area contributed by atoms with E-state index < -0.39 is 8.67 Å². The molecule has 0 heterocycles. The van der Waals surface area contributed by atoms with E-state index in [9.17, 15) is 0 Å². The van der Waals surface area contributed by atoms with Crippen LogP contribution in [0.5, 0.6) is 0 Å². The fourth-order valence-corrected chi connectivity index (χ4v) is 2.20. The zero-order valence-electron chi connectivity index (χ0n) is 4.27. The average Bonchev–Trinajstić information content (AvgIpc) is 1.84. The fourth-order valence-electron chi connectivity index (χ4n) is 0.489. The molecule has 1 aliphatic rings. The Morgan fingerprint density at radius 1 is 0.700 bits per heavy atom. The zero-order chi connectivity index (χ0) is 8.15. The summed E-state index contributed by atoms with van der Waals surface area (Å²) in [6.45, 7) is 0. The number of hydrogen-bond acceptors (Lipinski definition) is 0. The van der Waals surface area contributed by atoms with E-state index in [2.05, 4.69) is 0 Å². The molecule has 0 nitrogen and oxygen atoms in total. The minimum Gasteiger partial charge on any atom is -0.0914 e. The Hall–Kier alpha value is 1.48. The molecule has 0 aromatic carbocycles. The van der Waals surface area contributed by atoms with Gasteiger partial charge in [-0.25, -0.2) is 0 Å². The van der Waals surface area contributed by atoms with Crippen LogP contribution in [0.3, 0.4) is 0 Å². The molecule has 10 heavy (non-hydrogen) atoms. The van der Waals surface area contributed by atoms with Gasteiger partial charge in [0.2, 0.25) is 0 Å². The zero-order valence-corrected chi connectivity index (χ0v) is 8.80. The molecule has 0 spiro atoms. The molecule has 0 aromatic rings. The molecule has 0 radical (unpaired) electrons. The van der Waals surface area contributed by atoms with Gasteiger partial charge < -0.3 is 0 Å². The van der Waals surface area contributed by atoms with Crippen LogP contribution >= 0.6 is 69.6 Å². The summed E-state index contributed by atoms with van der Waals surface area (Å²) in [5, 5.41) is 0.171. The Morgan fingerprint density at radius 3 is 1.00 bits per heavy atom. The van der Waals surface area contributed by atoms with Gasteiger partial charge in [-0.2, -0.15) is 0 Å². The van der Waals surface area contributed by atoms with Gasteiger partial charge in [0.05, 0.1) is 10.1 Å². The molecule has 58 valence electrons. The Bertz CT molecular complexity index is 180. The summed E-state index contributed by atoms with van der Waals surface area (Å²) in [7, 11) is 0. The summed E-state index contributed by atoms with van der Waals surface area (Å²) in [6.07, 6.45) is 0. The Morgan fingerprint density at radius 2 is 0.900 bits per heavy atom. The van der Waals surface area contributed by atoms with Crippen molar-refractivity contribution in [3.8, 4) is 0 Å². The first-order valence-corrected chi connectivity index (χ1v) is 4.40. The largest absolute Gasteiger partial charge is 0.192 e. The fraction of sp³-hybridized carbons (Fsp3) is 0.500. The summed E-state index contributed by atoms with van der Waals surface area (Å²) >= 11 is 33.3. The summed E-state index contributed by atoms with van der Waals surface area (Å²) in [4.78, 5) is 0. The van der Waals surface area contributed by atoms with Crippen molar-refractivity contribution >= 4 is 69.6 Å². The summed E-state index contributed by atoms with van der Waals surface area (Å²) in [5.41, 5.74) is 0. The second-order valence-electron chi connectivity index (χ2n) is 1.78. The molecule has 0 aromatic heterocycles. The highest BCUT2D eigenvalue weighted by Crippen LogP contribution is 2.63. The van der Waals surface area contributed by atoms with Crippen LogP contribution in [0, 0.1) is 0 Å². The molecule has 0 unspecified atom stereocenters. The SMILES string of the molecule is ClC1=C(Cl)C(Cl)(Cl)C1(Cl)Cl. The molecule has 0 atom stereocenters. The van der Waals surface area contributed by atoms with Crippen LogP contribution in [0.2, 0.25) is 0 Å². The van der Waals surface area contributed by atoms with E-state index in [1.54, 1.807) is 0 Å². The first-order valence-electron chi connectivity index (χ1n) is 2.13. The lowest BCUT2D eigenvalue weighted by Crippen LogP contribution is -2.46. The van der Waals surface area contributed by atoms with Crippen molar-refractivity contribution in [2.24, 2.45) is 0 Å². The Kier molecular flexibility index (Phi) is 2.37. The molecule has 0 N–H and O–H groups in total. The maximum Gasteiger partial charge on any atom is 0.192 e. The molecule has 0 amide bonds. The van der Waals surface area contributed by atoms with Crippen LogP contribution in [-0.4, -0.2) is 8.67 Å². The maximum atomic E-state index is 5.57. The molecule has 0 aliphatic heterocycles. The van der Waals surface area contributed by atoms with E-state index in [-0.39, 0.29) is 10.1 Å². The van der Waals surface area contributed by atoms with Crippen LogP contribution in [0.4, 0.5) is 0 Å². The molecule has 0 saturated carbocycles. The number of rotatable bonds is 0. The molecular weight excluding hydrogens is 261 g/mol. The number of halogens is 6. The van der Waals surface area contributed by atoms with E-state index in [1.165, 1.54) is 0 Å². The van der Waals surface area contributed by atoms with Crippen molar-refractivity contribution in [1.29, 1.82) is 0 Å². The van der Waals surface area contributed by atoms with Gasteiger partial charge in [0.25, 0.3) is 0 Å². The van der Waals surface area contributed by atoms with Crippen molar-refractivity contribution in [3.05, 3.63) is 10.1 Å². The maximum absolute atomic E-state index is 5.57. The van der Waals surface area contributed by atoms with Gasteiger partial charge >= 0.3 is 0 Å². The van der Waals surface area contributed by atoms with Gasteiger partial charge in [0.15, 0.2) is 8.67 Å². The van der Waals surface area contributed by atoms with Gasteiger partial charge in [-0.1, -0.05) is 69.6 Å². The van der Waals surface area contributed by atoms with Crippen LogP contribution in [-0.2, 0) is 0 Å². The topological polar surface area (TPSA) is 0 Å². The monoisotopic (exact) mass is 258 g/mol. The number of allylic oxidation sites excluding steroid dienone is 2. The van der Waals surface area contributed by atoms with E-state index in [0.29, 0.717) is 0 Å². The van der Waals surface area contributed by atoms with Crippen molar-refractivity contribution in [2.45, 2.75) is 8.67 Å². The molecule has 0 saturated heterocycles. The smallest absolute Gasteiger partial charge is 0.0914 e. The molecule has 0 fully saturated rings. The number of alkyl halides is 4. The second-order valence-corrected chi connectivity index (χ2v) is 5.19. The summed E-state index contributed by atoms with van der Waals surface area (Å²) < 4.78 is -2.93. The molecule has 6 heteroatoms. The molecular formula is C4Cl6. The molecule has 0 bridgehead atoms. The van der Waals surface area contributed by atoms with Gasteiger partial charge in [-0.15, -0.1) is 0 Å². The third kappa shape index (κ3) is 0.972. The van der Waals surface area contributed by atoms with Crippen LogP contribution in [0.15, 0.2) is 10.1 Å². The van der Waals surface area contributed by atoms with Gasteiger partial charge in [0.1, 0.15) is 0 Å². The van der Waals surface area contributed by atoms with E-state index in [0.717, 1.165) is 0 Å². The Balaban J connectivity index is 3.10. The summed E-state index contributed by atoms with van der Waals surface area (Å²) in [5.74, 6) is 0. The lowest BCUT2D eigenvalue weighted by Gasteiger charge is -2.41. The van der Waals surface area contributed by atoms with Crippen molar-refractivity contribution in [1.82, 2.24) is 0 Å². The highest BCUT2D eigenvalue weighted by Gasteiger charge is 2.62. The quantitative estimate of drug-likeness (QED) is 0.577. The molecule has 1 aliphatic carbocycles.